The van der Waals surface area contributed by atoms with Crippen LogP contribution in [0.2, 0.25) is 0 Å². The highest BCUT2D eigenvalue weighted by Crippen LogP contribution is 2.20. The van der Waals surface area contributed by atoms with E-state index in [2.05, 4.69) is 14.7 Å². The number of oxazole rings is 1. The van der Waals surface area contributed by atoms with Crippen LogP contribution in [0.3, 0.4) is 0 Å². The van der Waals surface area contributed by atoms with E-state index in [1.807, 2.05) is 0 Å². The molecule has 2 aromatic rings. The molecule has 0 saturated carbocycles. The summed E-state index contributed by atoms with van der Waals surface area (Å²) in [4.78, 5) is 24.9. The highest BCUT2D eigenvalue weighted by Gasteiger charge is 2.26. The van der Waals surface area contributed by atoms with Crippen LogP contribution in [-0.2, 0) is 0 Å². The molecule has 0 unspecified atom stereocenters. The third-order valence-corrected chi connectivity index (χ3v) is 1.68. The average molecular weight is 224 g/mol. The monoisotopic (exact) mass is 224 g/mol. The molecule has 2 heterocycles. The van der Waals surface area contributed by atoms with Crippen molar-refractivity contribution in [1.82, 2.24) is 10.1 Å². The molecule has 2 N–H and O–H groups in total. The van der Waals surface area contributed by atoms with E-state index in [1.54, 1.807) is 0 Å². The Bertz CT molecular complexity index is 509. The Morgan fingerprint density at radius 3 is 2.44 bits per heavy atom. The van der Waals surface area contributed by atoms with Gasteiger partial charge in [-0.25, -0.2) is 9.59 Å². The zero-order valence-corrected chi connectivity index (χ0v) is 7.58. The van der Waals surface area contributed by atoms with Crippen molar-refractivity contribution in [1.29, 1.82) is 0 Å². The van der Waals surface area contributed by atoms with Gasteiger partial charge in [0.25, 0.3) is 0 Å². The SMILES string of the molecule is O=C(O)c1nc(-c2ccon2)oc1C(=O)O. The quantitative estimate of drug-likeness (QED) is 0.780. The molecule has 0 radical (unpaired) electrons. The molecular formula is C8H4N2O6. The number of rotatable bonds is 3. The van der Waals surface area contributed by atoms with Crippen LogP contribution in [0, 0.1) is 0 Å². The fourth-order valence-corrected chi connectivity index (χ4v) is 1.04. The van der Waals surface area contributed by atoms with Gasteiger partial charge in [0.05, 0.1) is 0 Å². The van der Waals surface area contributed by atoms with E-state index in [9.17, 15) is 9.59 Å². The smallest absolute Gasteiger partial charge is 0.374 e. The van der Waals surface area contributed by atoms with Gasteiger partial charge in [0, 0.05) is 6.07 Å². The first-order valence-corrected chi connectivity index (χ1v) is 3.97. The molecule has 16 heavy (non-hydrogen) atoms. The Balaban J connectivity index is 2.55. The number of carboxylic acids is 2. The minimum Gasteiger partial charge on any atom is -0.476 e. The van der Waals surface area contributed by atoms with Gasteiger partial charge in [-0.05, 0) is 0 Å². The van der Waals surface area contributed by atoms with Crippen molar-refractivity contribution >= 4 is 11.9 Å². The third kappa shape index (κ3) is 1.52. The lowest BCUT2D eigenvalue weighted by Gasteiger charge is -1.86. The minimum absolute atomic E-state index is 0.120. The molecule has 0 aliphatic carbocycles. The molecule has 2 rings (SSSR count). The van der Waals surface area contributed by atoms with Gasteiger partial charge >= 0.3 is 11.9 Å². The summed E-state index contributed by atoms with van der Waals surface area (Å²) in [6, 6.07) is 1.36. The summed E-state index contributed by atoms with van der Waals surface area (Å²) >= 11 is 0. The molecule has 0 atom stereocenters. The molecule has 0 aliphatic rings. The molecule has 0 aliphatic heterocycles. The van der Waals surface area contributed by atoms with Crippen molar-refractivity contribution < 1.29 is 28.7 Å². The van der Waals surface area contributed by atoms with Crippen LogP contribution in [0.4, 0.5) is 0 Å². The summed E-state index contributed by atoms with van der Waals surface area (Å²) < 4.78 is 9.26. The molecule has 2 aromatic heterocycles. The summed E-state index contributed by atoms with van der Waals surface area (Å²) in [5, 5.41) is 20.8. The fraction of sp³-hybridized carbons (Fsp3) is 0. The Labute approximate surface area is 87.1 Å². The van der Waals surface area contributed by atoms with Gasteiger partial charge in [-0.15, -0.1) is 0 Å². The van der Waals surface area contributed by atoms with Gasteiger partial charge < -0.3 is 19.2 Å². The molecule has 0 amide bonds. The van der Waals surface area contributed by atoms with Crippen LogP contribution in [0.1, 0.15) is 21.0 Å². The molecule has 8 nitrogen and oxygen atoms in total. The van der Waals surface area contributed by atoms with Crippen LogP contribution < -0.4 is 0 Å². The van der Waals surface area contributed by atoms with Gasteiger partial charge in [-0.3, -0.25) is 0 Å². The van der Waals surface area contributed by atoms with Gasteiger partial charge in [-0.1, -0.05) is 5.16 Å². The number of aromatic nitrogens is 2. The van der Waals surface area contributed by atoms with Gasteiger partial charge in [0.2, 0.25) is 17.3 Å². The fourth-order valence-electron chi connectivity index (χ4n) is 1.04. The normalized spacial score (nSPS) is 10.2. The molecule has 0 bridgehead atoms. The van der Waals surface area contributed by atoms with E-state index < -0.39 is 23.4 Å². The molecule has 0 saturated heterocycles. The van der Waals surface area contributed by atoms with Crippen molar-refractivity contribution in [3.8, 4) is 11.6 Å². The minimum atomic E-state index is -1.51. The standard InChI is InChI=1S/C8H4N2O6/c11-7(12)4-5(8(13)14)16-6(9-4)3-1-2-15-10-3/h1-2H,(H,11,12)(H,13,14). The van der Waals surface area contributed by atoms with E-state index in [-0.39, 0.29) is 11.6 Å². The summed E-state index contributed by atoms with van der Waals surface area (Å²) in [6.07, 6.45) is 1.22. The topological polar surface area (TPSA) is 127 Å². The Morgan fingerprint density at radius 1 is 1.25 bits per heavy atom. The third-order valence-electron chi connectivity index (χ3n) is 1.68. The van der Waals surface area contributed by atoms with E-state index >= 15 is 0 Å². The first-order valence-electron chi connectivity index (χ1n) is 3.97. The van der Waals surface area contributed by atoms with E-state index in [4.69, 9.17) is 14.6 Å². The average Bonchev–Trinajstić information content (AvgIpc) is 2.86. The summed E-state index contributed by atoms with van der Waals surface area (Å²) in [5.74, 6) is -3.97. The maximum Gasteiger partial charge on any atom is 0.374 e. The van der Waals surface area contributed by atoms with Crippen molar-refractivity contribution in [2.24, 2.45) is 0 Å². The van der Waals surface area contributed by atoms with Crippen LogP contribution >= 0.6 is 0 Å². The highest BCUT2D eigenvalue weighted by molar-refractivity contribution is 5.98. The second-order valence-corrected chi connectivity index (χ2v) is 2.69. The van der Waals surface area contributed by atoms with Crippen LogP contribution in [0.5, 0.6) is 0 Å². The lowest BCUT2D eigenvalue weighted by molar-refractivity contribution is 0.0624. The summed E-state index contributed by atoms with van der Waals surface area (Å²) in [5.41, 5.74) is -0.555. The second-order valence-electron chi connectivity index (χ2n) is 2.69. The Kier molecular flexibility index (Phi) is 2.16. The Morgan fingerprint density at radius 2 is 2.00 bits per heavy atom. The lowest BCUT2D eigenvalue weighted by Crippen LogP contribution is -2.05. The van der Waals surface area contributed by atoms with Gasteiger partial charge in [0.1, 0.15) is 6.26 Å². The highest BCUT2D eigenvalue weighted by atomic mass is 16.5. The van der Waals surface area contributed by atoms with Crippen LogP contribution in [0.15, 0.2) is 21.3 Å². The molecule has 0 spiro atoms. The van der Waals surface area contributed by atoms with Gasteiger partial charge in [-0.2, -0.15) is 4.98 Å². The van der Waals surface area contributed by atoms with Crippen molar-refractivity contribution in [3.05, 3.63) is 23.8 Å². The number of aromatic carboxylic acids is 2. The molecule has 0 fully saturated rings. The van der Waals surface area contributed by atoms with E-state index in [0.29, 0.717) is 0 Å². The van der Waals surface area contributed by atoms with Gasteiger partial charge in [0.15, 0.2) is 5.69 Å². The second kappa shape index (κ2) is 3.50. The maximum atomic E-state index is 10.7. The lowest BCUT2D eigenvalue weighted by atomic mass is 10.3. The predicted molar refractivity (Wildman–Crippen MR) is 45.9 cm³/mol. The molecule has 0 aromatic carbocycles. The van der Waals surface area contributed by atoms with E-state index in [0.717, 1.165) is 0 Å². The van der Waals surface area contributed by atoms with E-state index in [1.165, 1.54) is 12.3 Å². The van der Waals surface area contributed by atoms with Crippen LogP contribution in [0.25, 0.3) is 11.6 Å². The summed E-state index contributed by atoms with van der Waals surface area (Å²) in [6.45, 7) is 0. The van der Waals surface area contributed by atoms with Crippen molar-refractivity contribution in [2.75, 3.05) is 0 Å². The molecule has 8 heteroatoms. The predicted octanol–water partition coefficient (Wildman–Crippen LogP) is 0.726. The van der Waals surface area contributed by atoms with Crippen molar-refractivity contribution in [3.63, 3.8) is 0 Å². The number of nitrogens with zero attached hydrogens (tertiary/aromatic N) is 2. The number of carboxylic acid groups (broad SMARTS) is 2. The number of carbonyl (C=O) groups is 2. The zero-order chi connectivity index (χ0) is 11.7. The van der Waals surface area contributed by atoms with Crippen molar-refractivity contribution in [2.45, 2.75) is 0 Å². The zero-order valence-electron chi connectivity index (χ0n) is 7.58. The molecular weight excluding hydrogens is 220 g/mol. The molecule has 82 valence electrons. The number of hydrogen-bond donors (Lipinski definition) is 2. The number of hydrogen-bond acceptors (Lipinski definition) is 6. The van der Waals surface area contributed by atoms with Crippen LogP contribution in [-0.4, -0.2) is 32.3 Å². The first kappa shape index (κ1) is 9.90. The largest absolute Gasteiger partial charge is 0.476 e. The Hall–Kier alpha value is -2.64. The first-order chi connectivity index (χ1) is 7.59. The summed E-state index contributed by atoms with van der Waals surface area (Å²) in [7, 11) is 0. The maximum absolute atomic E-state index is 10.7.